The van der Waals surface area contributed by atoms with Crippen LogP contribution in [-0.4, -0.2) is 29.8 Å². The zero-order chi connectivity index (χ0) is 19.3. The van der Waals surface area contributed by atoms with Gasteiger partial charge in [0.15, 0.2) is 6.61 Å². The molecule has 3 atom stereocenters. The van der Waals surface area contributed by atoms with E-state index < -0.39 is 42.5 Å². The van der Waals surface area contributed by atoms with Crippen molar-refractivity contribution in [2.45, 2.75) is 44.8 Å². The minimum Gasteiger partial charge on any atom is -0.482 e. The number of nitrogens with one attached hydrogen (secondary N) is 1. The molecule has 1 amide bonds. The number of hydrogen-bond donors (Lipinski definition) is 2. The highest BCUT2D eigenvalue weighted by molar-refractivity contribution is 5.79. The average molecular weight is 373 g/mol. The van der Waals surface area contributed by atoms with E-state index >= 15 is 0 Å². The summed E-state index contributed by atoms with van der Waals surface area (Å²) in [6.45, 7) is 1.22. The molecule has 0 radical (unpaired) electrons. The third-order valence-electron chi connectivity index (χ3n) is 4.62. The van der Waals surface area contributed by atoms with Gasteiger partial charge < -0.3 is 15.2 Å². The highest BCUT2D eigenvalue weighted by Gasteiger charge is 2.48. The zero-order valence-corrected chi connectivity index (χ0v) is 14.4. The molecule has 1 aliphatic rings. The molecular formula is C18H22F3NO4. The molecular weight excluding hydrogens is 351 g/mol. The van der Waals surface area contributed by atoms with Gasteiger partial charge in [0.1, 0.15) is 5.75 Å². The second kappa shape index (κ2) is 8.42. The standard InChI is InChI=1S/C18H22F3NO4/c1-11(12-6-8-13(9-7-12)26-10-16(23)24)22-17(25)14-4-2-3-5-15(14)18(19,20)21/h6-9,11,14-15H,2-5,10H2,1H3,(H,22,25)(H,23,24). The van der Waals surface area contributed by atoms with Crippen molar-refractivity contribution in [2.75, 3.05) is 6.61 Å². The van der Waals surface area contributed by atoms with E-state index in [4.69, 9.17) is 9.84 Å². The van der Waals surface area contributed by atoms with Crippen molar-refractivity contribution in [2.24, 2.45) is 11.8 Å². The summed E-state index contributed by atoms with van der Waals surface area (Å²) < 4.78 is 44.5. The molecule has 2 N–H and O–H groups in total. The van der Waals surface area contributed by atoms with Crippen molar-refractivity contribution in [3.05, 3.63) is 29.8 Å². The molecule has 1 aromatic carbocycles. The monoisotopic (exact) mass is 373 g/mol. The number of alkyl halides is 3. The number of amides is 1. The van der Waals surface area contributed by atoms with Gasteiger partial charge in [0.25, 0.3) is 0 Å². The van der Waals surface area contributed by atoms with E-state index in [0.717, 1.165) is 0 Å². The molecule has 1 saturated carbocycles. The van der Waals surface area contributed by atoms with E-state index in [1.807, 2.05) is 0 Å². The summed E-state index contributed by atoms with van der Waals surface area (Å²) in [5.74, 6) is -3.95. The first kappa shape index (κ1) is 20.1. The van der Waals surface area contributed by atoms with Crippen molar-refractivity contribution in [1.29, 1.82) is 0 Å². The van der Waals surface area contributed by atoms with Gasteiger partial charge in [-0.2, -0.15) is 13.2 Å². The molecule has 0 saturated heterocycles. The lowest BCUT2D eigenvalue weighted by atomic mass is 9.78. The van der Waals surface area contributed by atoms with Crippen LogP contribution in [0.15, 0.2) is 24.3 Å². The molecule has 0 aromatic heterocycles. The Hall–Kier alpha value is -2.25. The van der Waals surface area contributed by atoms with Crippen LogP contribution in [0.5, 0.6) is 5.75 Å². The zero-order valence-electron chi connectivity index (χ0n) is 14.4. The first-order valence-electron chi connectivity index (χ1n) is 8.50. The highest BCUT2D eigenvalue weighted by atomic mass is 19.4. The van der Waals surface area contributed by atoms with E-state index in [-0.39, 0.29) is 12.8 Å². The van der Waals surface area contributed by atoms with Crippen molar-refractivity contribution in [3.63, 3.8) is 0 Å². The van der Waals surface area contributed by atoms with Crippen molar-refractivity contribution < 1.29 is 32.6 Å². The first-order chi connectivity index (χ1) is 12.2. The third-order valence-corrected chi connectivity index (χ3v) is 4.62. The largest absolute Gasteiger partial charge is 0.482 e. The maximum Gasteiger partial charge on any atom is 0.392 e. The SMILES string of the molecule is CC(NC(=O)C1CCCCC1C(F)(F)F)c1ccc(OCC(=O)O)cc1. The lowest BCUT2D eigenvalue weighted by Gasteiger charge is -2.32. The van der Waals surface area contributed by atoms with Crippen LogP contribution in [0.3, 0.4) is 0 Å². The molecule has 5 nitrogen and oxygen atoms in total. The second-order valence-corrected chi connectivity index (χ2v) is 6.52. The molecule has 3 unspecified atom stereocenters. The van der Waals surface area contributed by atoms with Crippen LogP contribution in [-0.2, 0) is 9.59 Å². The number of carboxylic acids is 1. The Morgan fingerprint density at radius 1 is 1.23 bits per heavy atom. The average Bonchev–Trinajstić information content (AvgIpc) is 2.59. The minimum atomic E-state index is -4.37. The predicted octanol–water partition coefficient (Wildman–Crippen LogP) is 3.70. The van der Waals surface area contributed by atoms with Crippen molar-refractivity contribution in [3.8, 4) is 5.75 Å². The summed E-state index contributed by atoms with van der Waals surface area (Å²) in [5.41, 5.74) is 0.695. The first-order valence-corrected chi connectivity index (χ1v) is 8.50. The maximum absolute atomic E-state index is 13.2. The van der Waals surface area contributed by atoms with Crippen LogP contribution in [0, 0.1) is 11.8 Å². The Morgan fingerprint density at radius 3 is 2.42 bits per heavy atom. The van der Waals surface area contributed by atoms with Crippen molar-refractivity contribution in [1.82, 2.24) is 5.32 Å². The fourth-order valence-corrected chi connectivity index (χ4v) is 3.24. The van der Waals surface area contributed by atoms with Crippen LogP contribution >= 0.6 is 0 Å². The smallest absolute Gasteiger partial charge is 0.392 e. The molecule has 26 heavy (non-hydrogen) atoms. The molecule has 0 aliphatic heterocycles. The molecule has 2 rings (SSSR count). The van der Waals surface area contributed by atoms with E-state index in [9.17, 15) is 22.8 Å². The second-order valence-electron chi connectivity index (χ2n) is 6.52. The fraction of sp³-hybridized carbons (Fsp3) is 0.556. The van der Waals surface area contributed by atoms with E-state index in [1.54, 1.807) is 31.2 Å². The number of halogens is 3. The Labute approximate surface area is 149 Å². The quantitative estimate of drug-likeness (QED) is 0.797. The van der Waals surface area contributed by atoms with Crippen LogP contribution in [0.2, 0.25) is 0 Å². The number of rotatable bonds is 6. The van der Waals surface area contributed by atoms with E-state index in [1.165, 1.54) is 0 Å². The van der Waals surface area contributed by atoms with Gasteiger partial charge in [0.2, 0.25) is 5.91 Å². The van der Waals surface area contributed by atoms with Crippen LogP contribution in [0.25, 0.3) is 0 Å². The molecule has 1 aromatic rings. The summed E-state index contributed by atoms with van der Waals surface area (Å²) >= 11 is 0. The Morgan fingerprint density at radius 2 is 1.85 bits per heavy atom. The van der Waals surface area contributed by atoms with Gasteiger partial charge in [0, 0.05) is 5.92 Å². The predicted molar refractivity (Wildman–Crippen MR) is 87.6 cm³/mol. The Kier molecular flexibility index (Phi) is 6.50. The third kappa shape index (κ3) is 5.37. The molecule has 0 spiro atoms. The Bertz CT molecular complexity index is 630. The van der Waals surface area contributed by atoms with Gasteiger partial charge in [-0.05, 0) is 37.5 Å². The summed E-state index contributed by atoms with van der Waals surface area (Å²) in [6, 6.07) is 5.93. The number of benzene rings is 1. The van der Waals surface area contributed by atoms with Gasteiger partial charge in [-0.1, -0.05) is 25.0 Å². The van der Waals surface area contributed by atoms with Crippen LogP contribution in [0.4, 0.5) is 13.2 Å². The lowest BCUT2D eigenvalue weighted by molar-refractivity contribution is -0.198. The van der Waals surface area contributed by atoms with Gasteiger partial charge in [-0.15, -0.1) is 0 Å². The topological polar surface area (TPSA) is 75.6 Å². The Balaban J connectivity index is 1.98. The maximum atomic E-state index is 13.2. The number of ether oxygens (including phenoxy) is 1. The number of aliphatic carboxylic acids is 1. The van der Waals surface area contributed by atoms with Gasteiger partial charge >= 0.3 is 12.1 Å². The number of carbonyl (C=O) groups is 2. The minimum absolute atomic E-state index is 0.00835. The molecule has 1 aliphatic carbocycles. The molecule has 0 heterocycles. The molecule has 8 heteroatoms. The molecule has 144 valence electrons. The summed E-state index contributed by atoms with van der Waals surface area (Å²) in [5, 5.41) is 11.2. The van der Waals surface area contributed by atoms with E-state index in [2.05, 4.69) is 5.32 Å². The summed E-state index contributed by atoms with van der Waals surface area (Å²) in [7, 11) is 0. The van der Waals surface area contributed by atoms with Crippen LogP contribution < -0.4 is 10.1 Å². The number of carbonyl (C=O) groups excluding carboxylic acids is 1. The van der Waals surface area contributed by atoms with Gasteiger partial charge in [0.05, 0.1) is 12.0 Å². The lowest BCUT2D eigenvalue weighted by Crippen LogP contribution is -2.43. The summed E-state index contributed by atoms with van der Waals surface area (Å²) in [6.07, 6.45) is -3.03. The van der Waals surface area contributed by atoms with Gasteiger partial charge in [-0.3, -0.25) is 4.79 Å². The molecule has 0 bridgehead atoms. The van der Waals surface area contributed by atoms with Crippen LogP contribution in [0.1, 0.15) is 44.2 Å². The van der Waals surface area contributed by atoms with Crippen molar-refractivity contribution >= 4 is 11.9 Å². The van der Waals surface area contributed by atoms with Gasteiger partial charge in [-0.25, -0.2) is 4.79 Å². The fourth-order valence-electron chi connectivity index (χ4n) is 3.24. The molecule has 1 fully saturated rings. The number of hydrogen-bond acceptors (Lipinski definition) is 3. The number of carboxylic acid groups (broad SMARTS) is 1. The van der Waals surface area contributed by atoms with E-state index in [0.29, 0.717) is 24.2 Å². The normalized spacial score (nSPS) is 21.7. The summed E-state index contributed by atoms with van der Waals surface area (Å²) in [4.78, 5) is 22.8. The highest BCUT2D eigenvalue weighted by Crippen LogP contribution is 2.41.